The molecule has 2 heterocycles. The normalized spacial score (nSPS) is 18.0. The van der Waals surface area contributed by atoms with E-state index in [1.54, 1.807) is 0 Å². The first-order chi connectivity index (χ1) is 10.2. The van der Waals surface area contributed by atoms with Crippen molar-refractivity contribution in [2.24, 2.45) is 0 Å². The summed E-state index contributed by atoms with van der Waals surface area (Å²) in [6.45, 7) is 7.12. The van der Waals surface area contributed by atoms with Crippen LogP contribution in [0.3, 0.4) is 0 Å². The highest BCUT2D eigenvalue weighted by Gasteiger charge is 2.22. The molecule has 21 heavy (non-hydrogen) atoms. The number of hydrogen-bond acceptors (Lipinski definition) is 4. The molecular weight excluding hydrogens is 262 g/mol. The number of aryl methyl sites for hydroxylation is 2. The molecule has 0 fully saturated rings. The molecule has 1 unspecified atom stereocenters. The summed E-state index contributed by atoms with van der Waals surface area (Å²) in [6, 6.07) is 2.56. The number of aromatic nitrogens is 2. The Labute approximate surface area is 126 Å². The first-order valence-electron chi connectivity index (χ1n) is 7.78. The minimum absolute atomic E-state index is 0.367. The molecule has 4 nitrogen and oxygen atoms in total. The molecule has 0 radical (unpaired) electrons. The zero-order valence-corrected chi connectivity index (χ0v) is 13.0. The van der Waals surface area contributed by atoms with E-state index >= 15 is 0 Å². The Balaban J connectivity index is 1.76. The van der Waals surface area contributed by atoms with Crippen LogP contribution in [0.4, 0.5) is 0 Å². The van der Waals surface area contributed by atoms with Crippen LogP contribution < -0.4 is 5.32 Å². The SMILES string of the molecule is Cc1noc(C(C)C)c1CNC1CCCc2cnccc21. The van der Waals surface area contributed by atoms with Gasteiger partial charge < -0.3 is 9.84 Å². The minimum Gasteiger partial charge on any atom is -0.361 e. The quantitative estimate of drug-likeness (QED) is 0.931. The van der Waals surface area contributed by atoms with Gasteiger partial charge in [-0.2, -0.15) is 0 Å². The second-order valence-corrected chi connectivity index (χ2v) is 6.17. The molecule has 0 saturated heterocycles. The zero-order chi connectivity index (χ0) is 14.8. The summed E-state index contributed by atoms with van der Waals surface area (Å²) in [7, 11) is 0. The van der Waals surface area contributed by atoms with E-state index in [0.29, 0.717) is 12.0 Å². The Kier molecular flexibility index (Phi) is 4.06. The average Bonchev–Trinajstić information content (AvgIpc) is 2.86. The van der Waals surface area contributed by atoms with E-state index in [2.05, 4.69) is 35.4 Å². The monoisotopic (exact) mass is 285 g/mol. The Bertz CT molecular complexity index is 618. The fourth-order valence-corrected chi connectivity index (χ4v) is 3.15. The van der Waals surface area contributed by atoms with E-state index in [-0.39, 0.29) is 0 Å². The average molecular weight is 285 g/mol. The highest BCUT2D eigenvalue weighted by Crippen LogP contribution is 2.30. The predicted octanol–water partition coefficient (Wildman–Crippen LogP) is 3.67. The number of nitrogens with zero attached hydrogens (tertiary/aromatic N) is 2. The summed E-state index contributed by atoms with van der Waals surface area (Å²) in [5.74, 6) is 1.37. The van der Waals surface area contributed by atoms with Gasteiger partial charge in [0.25, 0.3) is 0 Å². The summed E-state index contributed by atoms with van der Waals surface area (Å²) in [6.07, 6.45) is 7.44. The van der Waals surface area contributed by atoms with Gasteiger partial charge in [-0.15, -0.1) is 0 Å². The van der Waals surface area contributed by atoms with Crippen LogP contribution >= 0.6 is 0 Å². The van der Waals surface area contributed by atoms with Crippen molar-refractivity contribution in [3.8, 4) is 0 Å². The first kappa shape index (κ1) is 14.3. The van der Waals surface area contributed by atoms with Crippen molar-refractivity contribution in [2.45, 2.75) is 58.5 Å². The van der Waals surface area contributed by atoms with Gasteiger partial charge in [-0.25, -0.2) is 0 Å². The molecule has 1 aliphatic carbocycles. The van der Waals surface area contributed by atoms with Crippen LogP contribution in [0.5, 0.6) is 0 Å². The van der Waals surface area contributed by atoms with Crippen molar-refractivity contribution in [3.05, 3.63) is 46.6 Å². The second-order valence-electron chi connectivity index (χ2n) is 6.17. The van der Waals surface area contributed by atoms with Crippen LogP contribution in [-0.2, 0) is 13.0 Å². The zero-order valence-electron chi connectivity index (χ0n) is 13.0. The van der Waals surface area contributed by atoms with Gasteiger partial charge in [-0.3, -0.25) is 4.98 Å². The van der Waals surface area contributed by atoms with E-state index in [1.807, 2.05) is 19.3 Å². The van der Waals surface area contributed by atoms with E-state index in [4.69, 9.17) is 4.52 Å². The van der Waals surface area contributed by atoms with Gasteiger partial charge in [-0.1, -0.05) is 19.0 Å². The van der Waals surface area contributed by atoms with Gasteiger partial charge in [-0.05, 0) is 43.4 Å². The van der Waals surface area contributed by atoms with Gasteiger partial charge in [0.2, 0.25) is 0 Å². The maximum atomic E-state index is 5.47. The third-order valence-corrected chi connectivity index (χ3v) is 4.32. The van der Waals surface area contributed by atoms with Crippen molar-refractivity contribution in [1.29, 1.82) is 0 Å². The fraction of sp³-hybridized carbons (Fsp3) is 0.529. The summed E-state index contributed by atoms with van der Waals surface area (Å²) in [4.78, 5) is 4.24. The third kappa shape index (κ3) is 2.86. The van der Waals surface area contributed by atoms with Crippen LogP contribution in [0.2, 0.25) is 0 Å². The molecule has 0 spiro atoms. The topological polar surface area (TPSA) is 51.0 Å². The molecule has 112 valence electrons. The molecule has 0 bridgehead atoms. The lowest BCUT2D eigenvalue weighted by molar-refractivity contribution is 0.364. The smallest absolute Gasteiger partial charge is 0.143 e. The molecule has 2 aromatic rings. The molecule has 0 aromatic carbocycles. The molecule has 2 aromatic heterocycles. The Hall–Kier alpha value is -1.68. The largest absolute Gasteiger partial charge is 0.361 e. The lowest BCUT2D eigenvalue weighted by Crippen LogP contribution is -2.25. The molecule has 1 atom stereocenters. The van der Waals surface area contributed by atoms with Crippen molar-refractivity contribution in [1.82, 2.24) is 15.5 Å². The van der Waals surface area contributed by atoms with Crippen LogP contribution in [0.15, 0.2) is 23.0 Å². The Morgan fingerprint density at radius 2 is 2.29 bits per heavy atom. The van der Waals surface area contributed by atoms with Crippen LogP contribution in [0.25, 0.3) is 0 Å². The van der Waals surface area contributed by atoms with Gasteiger partial charge >= 0.3 is 0 Å². The molecule has 1 aliphatic rings. The summed E-state index contributed by atoms with van der Waals surface area (Å²) in [5, 5.41) is 7.81. The number of hydrogen-bond donors (Lipinski definition) is 1. The second kappa shape index (κ2) is 5.98. The summed E-state index contributed by atoms with van der Waals surface area (Å²) in [5.41, 5.74) is 4.99. The molecular formula is C17H23N3O. The van der Waals surface area contributed by atoms with Crippen molar-refractivity contribution >= 4 is 0 Å². The molecule has 4 heteroatoms. The number of pyridine rings is 1. The molecule has 0 saturated carbocycles. The summed E-state index contributed by atoms with van der Waals surface area (Å²) >= 11 is 0. The molecule has 0 aliphatic heterocycles. The van der Waals surface area contributed by atoms with Crippen molar-refractivity contribution < 1.29 is 4.52 Å². The van der Waals surface area contributed by atoms with E-state index in [1.165, 1.54) is 29.5 Å². The first-order valence-corrected chi connectivity index (χ1v) is 7.78. The predicted molar refractivity (Wildman–Crippen MR) is 82.1 cm³/mol. The van der Waals surface area contributed by atoms with E-state index in [0.717, 1.165) is 24.4 Å². The number of nitrogens with one attached hydrogen (secondary N) is 1. The van der Waals surface area contributed by atoms with E-state index < -0.39 is 0 Å². The lowest BCUT2D eigenvalue weighted by atomic mass is 9.89. The van der Waals surface area contributed by atoms with Gasteiger partial charge in [0.15, 0.2) is 0 Å². The van der Waals surface area contributed by atoms with Gasteiger partial charge in [0, 0.05) is 36.5 Å². The Morgan fingerprint density at radius 1 is 1.43 bits per heavy atom. The molecule has 3 rings (SSSR count). The van der Waals surface area contributed by atoms with E-state index in [9.17, 15) is 0 Å². The molecule has 0 amide bonds. The highest BCUT2D eigenvalue weighted by atomic mass is 16.5. The number of fused-ring (bicyclic) bond motifs is 1. The maximum absolute atomic E-state index is 5.47. The molecule has 1 N–H and O–H groups in total. The van der Waals surface area contributed by atoms with Crippen LogP contribution in [0.1, 0.15) is 66.8 Å². The Morgan fingerprint density at radius 3 is 3.10 bits per heavy atom. The maximum Gasteiger partial charge on any atom is 0.143 e. The van der Waals surface area contributed by atoms with Crippen molar-refractivity contribution in [2.75, 3.05) is 0 Å². The lowest BCUT2D eigenvalue weighted by Gasteiger charge is -2.26. The third-order valence-electron chi connectivity index (χ3n) is 4.32. The van der Waals surface area contributed by atoms with Gasteiger partial charge in [0.05, 0.1) is 5.69 Å². The number of rotatable bonds is 4. The van der Waals surface area contributed by atoms with Gasteiger partial charge in [0.1, 0.15) is 5.76 Å². The highest BCUT2D eigenvalue weighted by molar-refractivity contribution is 5.30. The van der Waals surface area contributed by atoms with Crippen LogP contribution in [0, 0.1) is 6.92 Å². The minimum atomic E-state index is 0.367. The van der Waals surface area contributed by atoms with Crippen molar-refractivity contribution in [3.63, 3.8) is 0 Å². The fourth-order valence-electron chi connectivity index (χ4n) is 3.15. The standard InChI is InChI=1S/C17H23N3O/c1-11(2)17-15(12(3)20-21-17)10-19-16-6-4-5-13-9-18-8-7-14(13)16/h7-9,11,16,19H,4-6,10H2,1-3H3. The van der Waals surface area contributed by atoms with Crippen LogP contribution in [-0.4, -0.2) is 10.1 Å². The summed E-state index contributed by atoms with van der Waals surface area (Å²) < 4.78 is 5.47.